The number of carbonyl (C=O) groups is 1. The Morgan fingerprint density at radius 3 is 2.92 bits per heavy atom. The van der Waals surface area contributed by atoms with Crippen molar-refractivity contribution in [3.8, 4) is 0 Å². The number of furan rings is 1. The van der Waals surface area contributed by atoms with E-state index in [9.17, 15) is 4.79 Å². The first-order chi connectivity index (χ1) is 10.7. The highest BCUT2D eigenvalue weighted by molar-refractivity contribution is 7.98. The van der Waals surface area contributed by atoms with Gasteiger partial charge in [-0.2, -0.15) is 0 Å². The van der Waals surface area contributed by atoms with Gasteiger partial charge in [0.05, 0.1) is 5.75 Å². The van der Waals surface area contributed by atoms with Crippen LogP contribution < -0.4 is 5.73 Å². The van der Waals surface area contributed by atoms with Crippen molar-refractivity contribution in [3.63, 3.8) is 0 Å². The number of carbonyl (C=O) groups excluding carboxylic acids is 1. The number of aryl methyl sites for hydroxylation is 1. The first-order valence-electron chi connectivity index (χ1n) is 7.39. The van der Waals surface area contributed by atoms with Crippen LogP contribution in [-0.2, 0) is 12.8 Å². The topological polar surface area (TPSA) is 77.3 Å². The second-order valence-electron chi connectivity index (χ2n) is 5.41. The van der Waals surface area contributed by atoms with Gasteiger partial charge >= 0.3 is 0 Å². The third kappa shape index (κ3) is 4.47. The van der Waals surface area contributed by atoms with Crippen LogP contribution in [0.15, 0.2) is 34.1 Å². The number of amides is 1. The second kappa shape index (κ2) is 9.36. The Kier molecular flexibility index (Phi) is 8.15. The number of rotatable bonds is 5. The zero-order valence-corrected chi connectivity index (χ0v) is 15.8. The van der Waals surface area contributed by atoms with E-state index in [1.165, 1.54) is 0 Å². The minimum Gasteiger partial charge on any atom is -0.455 e. The van der Waals surface area contributed by atoms with Crippen LogP contribution in [0.25, 0.3) is 0 Å². The summed E-state index contributed by atoms with van der Waals surface area (Å²) in [5.74, 6) is 1.77. The van der Waals surface area contributed by atoms with Crippen LogP contribution in [0.4, 0.5) is 0 Å². The van der Waals surface area contributed by atoms with E-state index in [4.69, 9.17) is 10.2 Å². The fourth-order valence-corrected chi connectivity index (χ4v) is 3.51. The summed E-state index contributed by atoms with van der Waals surface area (Å²) in [6, 6.07) is 3.75. The molecule has 9 heteroatoms. The molecule has 24 heavy (non-hydrogen) atoms. The number of likely N-dealkylation sites (tertiary alicyclic amines) is 1. The van der Waals surface area contributed by atoms with Gasteiger partial charge in [0, 0.05) is 38.6 Å². The molecule has 1 atom stereocenters. The van der Waals surface area contributed by atoms with Gasteiger partial charge in [-0.3, -0.25) is 4.79 Å². The molecule has 0 aromatic carbocycles. The number of nitrogens with two attached hydrogens (primary N) is 1. The van der Waals surface area contributed by atoms with Crippen molar-refractivity contribution in [2.45, 2.75) is 29.8 Å². The Morgan fingerprint density at radius 1 is 1.46 bits per heavy atom. The van der Waals surface area contributed by atoms with Crippen molar-refractivity contribution in [3.05, 3.63) is 36.0 Å². The maximum absolute atomic E-state index is 12.5. The lowest BCUT2D eigenvalue weighted by atomic mass is 10.2. The van der Waals surface area contributed by atoms with Crippen molar-refractivity contribution in [2.75, 3.05) is 13.1 Å². The first-order valence-corrected chi connectivity index (χ1v) is 8.37. The highest BCUT2D eigenvalue weighted by Gasteiger charge is 2.29. The van der Waals surface area contributed by atoms with Gasteiger partial charge in [0.15, 0.2) is 10.9 Å². The van der Waals surface area contributed by atoms with E-state index in [-0.39, 0.29) is 36.8 Å². The van der Waals surface area contributed by atoms with Crippen LogP contribution >= 0.6 is 36.6 Å². The molecule has 0 radical (unpaired) electrons. The van der Waals surface area contributed by atoms with Crippen LogP contribution in [0.5, 0.6) is 0 Å². The smallest absolute Gasteiger partial charge is 0.289 e. The lowest BCUT2D eigenvalue weighted by Crippen LogP contribution is -2.39. The minimum absolute atomic E-state index is 0. The summed E-state index contributed by atoms with van der Waals surface area (Å²) < 4.78 is 7.65. The van der Waals surface area contributed by atoms with Gasteiger partial charge in [-0.05, 0) is 25.0 Å². The minimum atomic E-state index is -0.0545. The summed E-state index contributed by atoms with van der Waals surface area (Å²) >= 11 is 1.58. The molecule has 6 nitrogen and oxygen atoms in total. The quantitative estimate of drug-likeness (QED) is 0.791. The van der Waals surface area contributed by atoms with E-state index in [0.29, 0.717) is 18.1 Å². The number of halogens is 2. The molecule has 2 N–H and O–H groups in total. The van der Waals surface area contributed by atoms with Crippen LogP contribution in [-0.4, -0.2) is 39.5 Å². The number of thioether (sulfide) groups is 1. The third-order valence-corrected chi connectivity index (χ3v) is 4.98. The Hall–Kier alpha value is -1.15. The Bertz CT molecular complexity index is 661. The molecule has 134 valence electrons. The van der Waals surface area contributed by atoms with E-state index < -0.39 is 0 Å². The fraction of sp³-hybridized carbons (Fsp3) is 0.467. The molecule has 0 aliphatic carbocycles. The van der Waals surface area contributed by atoms with E-state index in [1.807, 2.05) is 28.8 Å². The molecule has 1 aliphatic rings. The molecule has 3 rings (SSSR count). The van der Waals surface area contributed by atoms with Crippen LogP contribution in [0.3, 0.4) is 0 Å². The lowest BCUT2D eigenvalue weighted by Gasteiger charge is -2.22. The maximum atomic E-state index is 12.5. The lowest BCUT2D eigenvalue weighted by molar-refractivity contribution is 0.0707. The van der Waals surface area contributed by atoms with Crippen molar-refractivity contribution in [1.82, 2.24) is 14.5 Å². The molecule has 0 spiro atoms. The zero-order chi connectivity index (χ0) is 15.5. The number of hydrogen-bond acceptors (Lipinski definition) is 5. The second-order valence-corrected chi connectivity index (χ2v) is 6.35. The molecular formula is C15H22Cl2N4O2S. The molecule has 2 aromatic heterocycles. The number of imidazole rings is 1. The molecule has 1 unspecified atom stereocenters. The van der Waals surface area contributed by atoms with Crippen LogP contribution in [0, 0.1) is 0 Å². The predicted molar refractivity (Wildman–Crippen MR) is 99.1 cm³/mol. The molecule has 0 bridgehead atoms. The predicted octanol–water partition coefficient (Wildman–Crippen LogP) is 2.71. The summed E-state index contributed by atoms with van der Waals surface area (Å²) in [5, 5.41) is 0.923. The summed E-state index contributed by atoms with van der Waals surface area (Å²) in [6.07, 6.45) is 5.65. The monoisotopic (exact) mass is 392 g/mol. The number of nitrogens with zero attached hydrogens (tertiary/aromatic N) is 3. The average molecular weight is 393 g/mol. The molecular weight excluding hydrogens is 371 g/mol. The molecule has 3 heterocycles. The van der Waals surface area contributed by atoms with Crippen molar-refractivity contribution < 1.29 is 9.21 Å². The summed E-state index contributed by atoms with van der Waals surface area (Å²) in [5.41, 5.74) is 5.72. The Morgan fingerprint density at radius 2 is 2.25 bits per heavy atom. The number of hydrogen-bond donors (Lipinski definition) is 1. The van der Waals surface area contributed by atoms with Gasteiger partial charge in [0.2, 0.25) is 0 Å². The Balaban J connectivity index is 0.00000144. The largest absolute Gasteiger partial charge is 0.455 e. The molecule has 2 aromatic rings. The van der Waals surface area contributed by atoms with Gasteiger partial charge in [0.25, 0.3) is 5.91 Å². The first kappa shape index (κ1) is 20.9. The molecule has 0 saturated carbocycles. The SMILES string of the molecule is Cl.Cl.Cn1ccnc1SCc1ccc(C(=O)N2CCCC2CN)o1. The molecule has 1 saturated heterocycles. The summed E-state index contributed by atoms with van der Waals surface area (Å²) in [7, 11) is 1.95. The highest BCUT2D eigenvalue weighted by Crippen LogP contribution is 2.24. The molecule has 1 fully saturated rings. The van der Waals surface area contributed by atoms with Gasteiger partial charge in [-0.1, -0.05) is 11.8 Å². The highest BCUT2D eigenvalue weighted by atomic mass is 35.5. The Labute approximate surface area is 158 Å². The summed E-state index contributed by atoms with van der Waals surface area (Å²) in [6.45, 7) is 1.27. The van der Waals surface area contributed by atoms with Gasteiger partial charge in [-0.25, -0.2) is 4.98 Å². The van der Waals surface area contributed by atoms with Crippen molar-refractivity contribution in [2.24, 2.45) is 12.8 Å². The van der Waals surface area contributed by atoms with Gasteiger partial charge in [-0.15, -0.1) is 24.8 Å². The third-order valence-electron chi connectivity index (χ3n) is 3.90. The van der Waals surface area contributed by atoms with Crippen molar-refractivity contribution in [1.29, 1.82) is 0 Å². The van der Waals surface area contributed by atoms with Crippen LogP contribution in [0.1, 0.15) is 29.2 Å². The van der Waals surface area contributed by atoms with Crippen LogP contribution in [0.2, 0.25) is 0 Å². The fourth-order valence-electron chi connectivity index (χ4n) is 2.69. The normalized spacial score (nSPS) is 16.6. The number of aromatic nitrogens is 2. The van der Waals surface area contributed by atoms with Crippen molar-refractivity contribution >= 4 is 42.5 Å². The molecule has 1 aliphatic heterocycles. The molecule has 1 amide bonds. The zero-order valence-electron chi connectivity index (χ0n) is 13.4. The van der Waals surface area contributed by atoms with Gasteiger partial charge < -0.3 is 19.6 Å². The van der Waals surface area contributed by atoms with E-state index in [1.54, 1.807) is 24.0 Å². The van der Waals surface area contributed by atoms with E-state index >= 15 is 0 Å². The van der Waals surface area contributed by atoms with E-state index in [2.05, 4.69) is 4.98 Å². The summed E-state index contributed by atoms with van der Waals surface area (Å²) in [4.78, 5) is 18.5. The average Bonchev–Trinajstić information content (AvgIpc) is 3.25. The van der Waals surface area contributed by atoms with E-state index in [0.717, 1.165) is 30.3 Å². The standard InChI is InChI=1S/C15H20N4O2S.2ClH/c1-18-8-6-17-15(18)22-10-12-4-5-13(21-12)14(20)19-7-2-3-11(19)9-16;;/h4-6,8,11H,2-3,7,9-10,16H2,1H3;2*1H. The maximum Gasteiger partial charge on any atom is 0.289 e. The van der Waals surface area contributed by atoms with Gasteiger partial charge in [0.1, 0.15) is 5.76 Å².